The maximum atomic E-state index is 14.1. The lowest BCUT2D eigenvalue weighted by atomic mass is 9.89. The predicted octanol–water partition coefficient (Wildman–Crippen LogP) is 4.48. The average Bonchev–Trinajstić information content (AvgIpc) is 2.90. The number of rotatable bonds is 3. The third-order valence-corrected chi connectivity index (χ3v) is 3.28. The number of epoxide rings is 1. The first-order valence-corrected chi connectivity index (χ1v) is 6.42. The SMILES string of the molecule is CC(C)(C)C1OC1(F)COc1ccc(Cl)cc1Cl. The lowest BCUT2D eigenvalue weighted by molar-refractivity contribution is 0.0767. The highest BCUT2D eigenvalue weighted by Crippen LogP contribution is 2.48. The molecule has 2 rings (SSSR count). The first-order valence-electron chi connectivity index (χ1n) is 5.67. The number of benzene rings is 1. The van der Waals surface area contributed by atoms with Crippen molar-refractivity contribution in [2.24, 2.45) is 5.41 Å². The number of halogens is 3. The molecule has 0 N–H and O–H groups in total. The molecule has 0 bridgehead atoms. The molecular formula is C13H15Cl2FO2. The van der Waals surface area contributed by atoms with Crippen molar-refractivity contribution in [2.75, 3.05) is 6.61 Å². The lowest BCUT2D eigenvalue weighted by Crippen LogP contribution is -2.26. The summed E-state index contributed by atoms with van der Waals surface area (Å²) in [5.41, 5.74) is -0.248. The Balaban J connectivity index is 1.97. The van der Waals surface area contributed by atoms with Crippen LogP contribution in [-0.4, -0.2) is 18.6 Å². The van der Waals surface area contributed by atoms with Gasteiger partial charge in [0.05, 0.1) is 5.02 Å². The zero-order valence-electron chi connectivity index (χ0n) is 10.5. The Morgan fingerprint density at radius 1 is 1.39 bits per heavy atom. The molecule has 18 heavy (non-hydrogen) atoms. The quantitative estimate of drug-likeness (QED) is 0.766. The van der Waals surface area contributed by atoms with Crippen LogP contribution in [0.5, 0.6) is 5.75 Å². The van der Waals surface area contributed by atoms with E-state index in [1.54, 1.807) is 18.2 Å². The molecule has 2 unspecified atom stereocenters. The molecule has 1 aromatic rings. The number of hydrogen-bond donors (Lipinski definition) is 0. The van der Waals surface area contributed by atoms with Crippen LogP contribution in [0.1, 0.15) is 20.8 Å². The zero-order chi connectivity index (χ0) is 13.6. The van der Waals surface area contributed by atoms with E-state index in [1.165, 1.54) is 0 Å². The van der Waals surface area contributed by atoms with E-state index < -0.39 is 12.0 Å². The van der Waals surface area contributed by atoms with Gasteiger partial charge in [-0.15, -0.1) is 0 Å². The Labute approximate surface area is 116 Å². The summed E-state index contributed by atoms with van der Waals surface area (Å²) in [7, 11) is 0. The average molecular weight is 293 g/mol. The molecule has 1 aliphatic rings. The fourth-order valence-corrected chi connectivity index (χ4v) is 2.33. The fourth-order valence-electron chi connectivity index (χ4n) is 1.86. The highest BCUT2D eigenvalue weighted by molar-refractivity contribution is 6.35. The number of alkyl halides is 1. The van der Waals surface area contributed by atoms with Crippen LogP contribution in [0.2, 0.25) is 10.0 Å². The third kappa shape index (κ3) is 2.90. The smallest absolute Gasteiger partial charge is 0.271 e. The van der Waals surface area contributed by atoms with Gasteiger partial charge in [0.15, 0.2) is 0 Å². The Hall–Kier alpha value is -0.510. The zero-order valence-corrected chi connectivity index (χ0v) is 12.0. The summed E-state index contributed by atoms with van der Waals surface area (Å²) in [4.78, 5) is 0. The normalized spacial score (nSPS) is 27.1. The summed E-state index contributed by atoms with van der Waals surface area (Å²) in [6.07, 6.45) is -0.448. The Bertz CT molecular complexity index is 459. The molecule has 0 radical (unpaired) electrons. The van der Waals surface area contributed by atoms with E-state index in [4.69, 9.17) is 32.7 Å². The summed E-state index contributed by atoms with van der Waals surface area (Å²) in [6.45, 7) is 5.60. The van der Waals surface area contributed by atoms with E-state index in [0.29, 0.717) is 15.8 Å². The van der Waals surface area contributed by atoms with E-state index in [0.717, 1.165) is 0 Å². The van der Waals surface area contributed by atoms with Crippen molar-refractivity contribution in [3.63, 3.8) is 0 Å². The maximum absolute atomic E-state index is 14.1. The Morgan fingerprint density at radius 3 is 2.56 bits per heavy atom. The Morgan fingerprint density at radius 2 is 2.06 bits per heavy atom. The molecule has 1 heterocycles. The van der Waals surface area contributed by atoms with E-state index in [9.17, 15) is 4.39 Å². The molecule has 100 valence electrons. The minimum atomic E-state index is -1.72. The van der Waals surface area contributed by atoms with E-state index in [1.807, 2.05) is 20.8 Å². The molecule has 0 saturated carbocycles. The highest BCUT2D eigenvalue weighted by atomic mass is 35.5. The van der Waals surface area contributed by atoms with Crippen LogP contribution in [0.25, 0.3) is 0 Å². The topological polar surface area (TPSA) is 21.8 Å². The largest absolute Gasteiger partial charge is 0.486 e. The van der Waals surface area contributed by atoms with Gasteiger partial charge in [-0.3, -0.25) is 0 Å². The van der Waals surface area contributed by atoms with Gasteiger partial charge in [-0.2, -0.15) is 0 Å². The van der Waals surface area contributed by atoms with Crippen molar-refractivity contribution >= 4 is 23.2 Å². The van der Waals surface area contributed by atoms with Crippen molar-refractivity contribution in [1.29, 1.82) is 0 Å². The molecule has 1 aliphatic heterocycles. The van der Waals surface area contributed by atoms with Crippen LogP contribution in [0.4, 0.5) is 4.39 Å². The van der Waals surface area contributed by atoms with E-state index >= 15 is 0 Å². The first kappa shape index (κ1) is 13.9. The molecule has 2 nitrogen and oxygen atoms in total. The number of hydrogen-bond acceptors (Lipinski definition) is 2. The van der Waals surface area contributed by atoms with Gasteiger partial charge in [0, 0.05) is 5.02 Å². The summed E-state index contributed by atoms with van der Waals surface area (Å²) in [6, 6.07) is 4.81. The molecule has 5 heteroatoms. The van der Waals surface area contributed by atoms with Gasteiger partial charge in [-0.05, 0) is 23.6 Å². The van der Waals surface area contributed by atoms with E-state index in [2.05, 4.69) is 0 Å². The molecule has 0 spiro atoms. The third-order valence-electron chi connectivity index (χ3n) is 2.75. The van der Waals surface area contributed by atoms with Gasteiger partial charge in [-0.25, -0.2) is 4.39 Å². The van der Waals surface area contributed by atoms with Gasteiger partial charge in [0.1, 0.15) is 18.5 Å². The van der Waals surface area contributed by atoms with Crippen LogP contribution in [0.3, 0.4) is 0 Å². The molecule has 0 aromatic heterocycles. The van der Waals surface area contributed by atoms with Gasteiger partial charge < -0.3 is 9.47 Å². The minimum Gasteiger partial charge on any atom is -0.486 e. The summed E-state index contributed by atoms with van der Waals surface area (Å²) in [5, 5.41) is 0.872. The van der Waals surface area contributed by atoms with Gasteiger partial charge in [0.25, 0.3) is 5.85 Å². The van der Waals surface area contributed by atoms with Crippen molar-refractivity contribution in [3.8, 4) is 5.75 Å². The summed E-state index contributed by atoms with van der Waals surface area (Å²) >= 11 is 11.7. The van der Waals surface area contributed by atoms with Crippen LogP contribution >= 0.6 is 23.2 Å². The van der Waals surface area contributed by atoms with Crippen molar-refractivity contribution in [2.45, 2.75) is 32.7 Å². The van der Waals surface area contributed by atoms with Crippen molar-refractivity contribution in [1.82, 2.24) is 0 Å². The van der Waals surface area contributed by atoms with E-state index in [-0.39, 0.29) is 12.0 Å². The second kappa shape index (κ2) is 4.55. The van der Waals surface area contributed by atoms with Crippen LogP contribution in [0.15, 0.2) is 18.2 Å². The summed E-state index contributed by atoms with van der Waals surface area (Å²) < 4.78 is 24.6. The molecule has 2 atom stereocenters. The van der Waals surface area contributed by atoms with Crippen molar-refractivity contribution < 1.29 is 13.9 Å². The predicted molar refractivity (Wildman–Crippen MR) is 70.1 cm³/mol. The van der Waals surface area contributed by atoms with Crippen LogP contribution in [0, 0.1) is 5.41 Å². The highest BCUT2D eigenvalue weighted by Gasteiger charge is 2.63. The minimum absolute atomic E-state index is 0.170. The van der Waals surface area contributed by atoms with Gasteiger partial charge in [0.2, 0.25) is 0 Å². The number of ether oxygens (including phenoxy) is 2. The maximum Gasteiger partial charge on any atom is 0.271 e. The van der Waals surface area contributed by atoms with Crippen molar-refractivity contribution in [3.05, 3.63) is 28.2 Å². The fraction of sp³-hybridized carbons (Fsp3) is 0.538. The van der Waals surface area contributed by atoms with Gasteiger partial charge >= 0.3 is 0 Å². The Kier molecular flexibility index (Phi) is 3.52. The molecule has 1 saturated heterocycles. The molecule has 1 fully saturated rings. The molecular weight excluding hydrogens is 278 g/mol. The standard InChI is InChI=1S/C13H15Cl2FO2/c1-12(2,3)11-13(16,18-11)7-17-10-5-4-8(14)6-9(10)15/h4-6,11H,7H2,1-3H3. The second-order valence-electron chi connectivity index (χ2n) is 5.51. The molecule has 0 aliphatic carbocycles. The molecule has 1 aromatic carbocycles. The van der Waals surface area contributed by atoms with Gasteiger partial charge in [-0.1, -0.05) is 44.0 Å². The monoisotopic (exact) mass is 292 g/mol. The summed E-state index contributed by atoms with van der Waals surface area (Å²) in [5.74, 6) is -1.32. The van der Waals surface area contributed by atoms with Crippen LogP contribution < -0.4 is 4.74 Å². The second-order valence-corrected chi connectivity index (χ2v) is 6.36. The molecule has 0 amide bonds. The first-order chi connectivity index (χ1) is 8.22. The van der Waals surface area contributed by atoms with Crippen LogP contribution in [-0.2, 0) is 4.74 Å². The lowest BCUT2D eigenvalue weighted by Gasteiger charge is -2.16.